The highest BCUT2D eigenvalue weighted by molar-refractivity contribution is 5.97. The van der Waals surface area contributed by atoms with Crippen LogP contribution < -0.4 is 5.43 Å². The molecule has 0 fully saturated rings. The Hall–Kier alpha value is -3.68. The normalized spacial score (nSPS) is 11.9. The molecule has 0 saturated heterocycles. The minimum Gasteiger partial charge on any atom is -0.274 e. The lowest BCUT2D eigenvalue weighted by molar-refractivity contribution is -0.118. The topological polar surface area (TPSA) is 84.5 Å². The highest BCUT2D eigenvalue weighted by Gasteiger charge is 2.12. The first-order valence-electron chi connectivity index (χ1n) is 8.69. The van der Waals surface area contributed by atoms with Gasteiger partial charge in [0.1, 0.15) is 11.5 Å². The monoisotopic (exact) mass is 376 g/mol. The van der Waals surface area contributed by atoms with Gasteiger partial charge in [0.2, 0.25) is 5.91 Å². The molecule has 1 aromatic carbocycles. The van der Waals surface area contributed by atoms with E-state index in [0.29, 0.717) is 34.6 Å². The van der Waals surface area contributed by atoms with Crippen molar-refractivity contribution in [3.05, 3.63) is 71.6 Å². The quantitative estimate of drug-likeness (QED) is 0.438. The van der Waals surface area contributed by atoms with Gasteiger partial charge in [0.05, 0.1) is 23.1 Å². The van der Waals surface area contributed by atoms with Crippen molar-refractivity contribution in [1.29, 1.82) is 0 Å². The second-order valence-corrected chi connectivity index (χ2v) is 6.42. The summed E-state index contributed by atoms with van der Waals surface area (Å²) in [4.78, 5) is 19.6. The maximum Gasteiger partial charge on any atom is 0.236 e. The molecule has 8 heteroatoms. The molecule has 3 aromatic heterocycles. The van der Waals surface area contributed by atoms with Crippen molar-refractivity contribution >= 4 is 28.2 Å². The van der Waals surface area contributed by atoms with E-state index in [2.05, 4.69) is 25.6 Å². The van der Waals surface area contributed by atoms with Crippen LogP contribution >= 0.6 is 0 Å². The van der Waals surface area contributed by atoms with Gasteiger partial charge in [-0.3, -0.25) is 9.78 Å². The second-order valence-electron chi connectivity index (χ2n) is 6.42. The van der Waals surface area contributed by atoms with Gasteiger partial charge in [0.15, 0.2) is 5.65 Å². The van der Waals surface area contributed by atoms with Crippen LogP contribution in [0.15, 0.2) is 53.9 Å². The molecular weight excluding hydrogens is 359 g/mol. The standard InChI is InChI=1S/C20H17FN6O/c1-12(24-25-13(2)28)18-5-6-20-23-11-16(27(20)26-18)9-15-8-14-4-3-7-22-19(14)10-17(15)21/h3-8,10-11H,9H2,1-2H3,(H,25,28)/b24-12+. The van der Waals surface area contributed by atoms with E-state index in [4.69, 9.17) is 0 Å². The number of rotatable bonds is 4. The van der Waals surface area contributed by atoms with Crippen LogP contribution in [-0.4, -0.2) is 31.2 Å². The van der Waals surface area contributed by atoms with Gasteiger partial charge >= 0.3 is 0 Å². The van der Waals surface area contributed by atoms with Gasteiger partial charge in [0, 0.05) is 31.0 Å². The summed E-state index contributed by atoms with van der Waals surface area (Å²) in [7, 11) is 0. The molecule has 0 unspecified atom stereocenters. The number of fused-ring (bicyclic) bond motifs is 2. The molecule has 7 nitrogen and oxygen atoms in total. The molecule has 0 bridgehead atoms. The highest BCUT2D eigenvalue weighted by atomic mass is 19.1. The lowest BCUT2D eigenvalue weighted by Crippen LogP contribution is -2.16. The Morgan fingerprint density at radius 2 is 2.07 bits per heavy atom. The highest BCUT2D eigenvalue weighted by Crippen LogP contribution is 2.20. The number of pyridine rings is 1. The molecule has 3 heterocycles. The molecular formula is C20H17FN6O. The van der Waals surface area contributed by atoms with Crippen LogP contribution in [0, 0.1) is 5.82 Å². The maximum atomic E-state index is 14.5. The van der Waals surface area contributed by atoms with E-state index in [0.717, 1.165) is 11.1 Å². The van der Waals surface area contributed by atoms with Gasteiger partial charge in [-0.05, 0) is 36.8 Å². The molecule has 0 atom stereocenters. The molecule has 0 saturated carbocycles. The Labute approximate surface area is 159 Å². The van der Waals surface area contributed by atoms with Crippen molar-refractivity contribution in [3.63, 3.8) is 0 Å². The maximum absolute atomic E-state index is 14.5. The number of benzene rings is 1. The molecule has 28 heavy (non-hydrogen) atoms. The number of aromatic nitrogens is 4. The molecule has 4 rings (SSSR count). The fourth-order valence-corrected chi connectivity index (χ4v) is 2.93. The number of hydrogen-bond donors (Lipinski definition) is 1. The van der Waals surface area contributed by atoms with Gasteiger partial charge in [-0.15, -0.1) is 0 Å². The molecule has 0 aliphatic rings. The number of amides is 1. The van der Waals surface area contributed by atoms with Crippen molar-refractivity contribution in [2.24, 2.45) is 5.10 Å². The first-order chi connectivity index (χ1) is 13.5. The third-order valence-corrected chi connectivity index (χ3v) is 4.33. The minimum atomic E-state index is -0.319. The Balaban J connectivity index is 1.71. The van der Waals surface area contributed by atoms with Crippen LogP contribution in [0.1, 0.15) is 30.8 Å². The third-order valence-electron chi connectivity index (χ3n) is 4.33. The molecule has 0 radical (unpaired) electrons. The summed E-state index contributed by atoms with van der Waals surface area (Å²) in [5.74, 6) is -0.578. The molecule has 4 aromatic rings. The van der Waals surface area contributed by atoms with Crippen LogP contribution in [0.25, 0.3) is 16.6 Å². The van der Waals surface area contributed by atoms with E-state index in [1.54, 1.807) is 42.0 Å². The van der Waals surface area contributed by atoms with E-state index in [1.807, 2.05) is 12.1 Å². The molecule has 0 aliphatic carbocycles. The van der Waals surface area contributed by atoms with Crippen LogP contribution in [-0.2, 0) is 11.2 Å². The molecule has 1 amide bonds. The van der Waals surface area contributed by atoms with Crippen molar-refractivity contribution in [2.45, 2.75) is 20.3 Å². The Bertz CT molecular complexity index is 1230. The van der Waals surface area contributed by atoms with Crippen LogP contribution in [0.4, 0.5) is 4.39 Å². The van der Waals surface area contributed by atoms with E-state index >= 15 is 0 Å². The van der Waals surface area contributed by atoms with Gasteiger partial charge in [-0.25, -0.2) is 19.3 Å². The zero-order valence-electron chi connectivity index (χ0n) is 15.3. The molecule has 0 spiro atoms. The van der Waals surface area contributed by atoms with Crippen molar-refractivity contribution in [2.75, 3.05) is 0 Å². The van der Waals surface area contributed by atoms with E-state index < -0.39 is 0 Å². The Kier molecular flexibility index (Phi) is 4.52. The summed E-state index contributed by atoms with van der Waals surface area (Å²) in [6.07, 6.45) is 3.65. The second kappa shape index (κ2) is 7.15. The Morgan fingerprint density at radius 1 is 1.21 bits per heavy atom. The van der Waals surface area contributed by atoms with Gasteiger partial charge in [0.25, 0.3) is 0 Å². The van der Waals surface area contributed by atoms with Crippen molar-refractivity contribution in [1.82, 2.24) is 25.0 Å². The predicted molar refractivity (Wildman–Crippen MR) is 104 cm³/mol. The third kappa shape index (κ3) is 3.44. The van der Waals surface area contributed by atoms with Crippen LogP contribution in [0.2, 0.25) is 0 Å². The summed E-state index contributed by atoms with van der Waals surface area (Å²) >= 11 is 0. The number of carbonyl (C=O) groups excluding carboxylic acids is 1. The molecule has 1 N–H and O–H groups in total. The minimum absolute atomic E-state index is 0.259. The summed E-state index contributed by atoms with van der Waals surface area (Å²) in [5.41, 5.74) is 6.08. The van der Waals surface area contributed by atoms with Gasteiger partial charge in [-0.2, -0.15) is 10.2 Å². The summed E-state index contributed by atoms with van der Waals surface area (Å²) < 4.78 is 16.2. The average molecular weight is 376 g/mol. The molecule has 140 valence electrons. The zero-order valence-corrected chi connectivity index (χ0v) is 15.3. The first-order valence-corrected chi connectivity index (χ1v) is 8.69. The number of halogens is 1. The summed E-state index contributed by atoms with van der Waals surface area (Å²) in [6.45, 7) is 3.13. The number of carbonyl (C=O) groups is 1. The lowest BCUT2D eigenvalue weighted by atomic mass is 10.1. The van der Waals surface area contributed by atoms with Gasteiger partial charge < -0.3 is 0 Å². The first kappa shape index (κ1) is 17.7. The number of nitrogens with one attached hydrogen (secondary N) is 1. The SMILES string of the molecule is CC(=O)N/N=C(\C)c1ccc2ncc(Cc3cc4cccnc4cc3F)n2n1. The fraction of sp³-hybridized carbons (Fsp3) is 0.150. The zero-order chi connectivity index (χ0) is 19.7. The average Bonchev–Trinajstić information content (AvgIpc) is 3.08. The summed E-state index contributed by atoms with van der Waals surface area (Å²) in [6, 6.07) is 10.5. The number of hydrazone groups is 1. The van der Waals surface area contributed by atoms with Gasteiger partial charge in [-0.1, -0.05) is 6.07 Å². The summed E-state index contributed by atoms with van der Waals surface area (Å²) in [5, 5.41) is 9.41. The van der Waals surface area contributed by atoms with Crippen LogP contribution in [0.3, 0.4) is 0 Å². The fourth-order valence-electron chi connectivity index (χ4n) is 2.93. The van der Waals surface area contributed by atoms with Crippen LogP contribution in [0.5, 0.6) is 0 Å². The number of nitrogens with zero attached hydrogens (tertiary/aromatic N) is 5. The number of imidazole rings is 1. The molecule has 0 aliphatic heterocycles. The van der Waals surface area contributed by atoms with Crippen molar-refractivity contribution in [3.8, 4) is 0 Å². The smallest absolute Gasteiger partial charge is 0.236 e. The van der Waals surface area contributed by atoms with E-state index in [1.165, 1.54) is 13.0 Å². The lowest BCUT2D eigenvalue weighted by Gasteiger charge is -2.07. The number of hydrogen-bond acceptors (Lipinski definition) is 5. The van der Waals surface area contributed by atoms with E-state index in [9.17, 15) is 9.18 Å². The largest absolute Gasteiger partial charge is 0.274 e. The van der Waals surface area contributed by atoms with Crippen molar-refractivity contribution < 1.29 is 9.18 Å². The predicted octanol–water partition coefficient (Wildman–Crippen LogP) is 2.87. The Morgan fingerprint density at radius 3 is 2.89 bits per heavy atom. The van der Waals surface area contributed by atoms with E-state index in [-0.39, 0.29) is 11.7 Å².